The normalized spacial score (nSPS) is 11.5. The molecule has 0 saturated heterocycles. The highest BCUT2D eigenvalue weighted by molar-refractivity contribution is 5.96. The maximum Gasteiger partial charge on any atom is 0.303 e. The van der Waals surface area contributed by atoms with Crippen LogP contribution in [0.2, 0.25) is 0 Å². The van der Waals surface area contributed by atoms with E-state index in [0.717, 1.165) is 28.7 Å². The molecule has 0 aliphatic carbocycles. The highest BCUT2D eigenvalue weighted by Crippen LogP contribution is 2.29. The number of aryl methyl sites for hydroxylation is 3. The maximum atomic E-state index is 13.7. The molecule has 7 heteroatoms. The Morgan fingerprint density at radius 3 is 2.33 bits per heavy atom. The lowest BCUT2D eigenvalue weighted by Gasteiger charge is -2.23. The van der Waals surface area contributed by atoms with Gasteiger partial charge in [-0.15, -0.1) is 0 Å². The van der Waals surface area contributed by atoms with Crippen molar-refractivity contribution in [2.75, 3.05) is 7.11 Å². The van der Waals surface area contributed by atoms with Gasteiger partial charge in [-0.3, -0.25) is 9.59 Å². The van der Waals surface area contributed by atoms with Crippen molar-refractivity contribution in [3.63, 3.8) is 0 Å². The minimum absolute atomic E-state index is 0.0826. The van der Waals surface area contributed by atoms with Gasteiger partial charge in [0.25, 0.3) is 5.91 Å². The Labute approximate surface area is 230 Å². The molecule has 0 spiro atoms. The molecule has 0 saturated carbocycles. The molecule has 0 fully saturated rings. The number of hydrogen-bond acceptors (Lipinski definition) is 5. The van der Waals surface area contributed by atoms with Crippen LogP contribution in [0, 0.1) is 31.1 Å². The Balaban J connectivity index is 1.92. The Hall–Kier alpha value is -4.31. The van der Waals surface area contributed by atoms with E-state index in [4.69, 9.17) is 9.47 Å². The van der Waals surface area contributed by atoms with Crippen LogP contribution in [0.25, 0.3) is 0 Å². The Morgan fingerprint density at radius 1 is 1.00 bits per heavy atom. The maximum absolute atomic E-state index is 13.7. The highest BCUT2D eigenvalue weighted by Gasteiger charge is 2.21. The number of carboxylic acids is 1. The van der Waals surface area contributed by atoms with Gasteiger partial charge in [0.1, 0.15) is 6.61 Å². The zero-order valence-corrected chi connectivity index (χ0v) is 23.2. The summed E-state index contributed by atoms with van der Waals surface area (Å²) in [5.74, 6) is 0.0816. The van der Waals surface area contributed by atoms with E-state index in [1.807, 2.05) is 19.9 Å². The molecule has 204 valence electrons. The number of hydrogen-bond donors (Lipinski definition) is 2. The average Bonchev–Trinajstić information content (AvgIpc) is 2.89. The minimum Gasteiger partial charge on any atom is -0.493 e. The Bertz CT molecular complexity index is 1350. The van der Waals surface area contributed by atoms with E-state index >= 15 is 0 Å². The van der Waals surface area contributed by atoms with Crippen molar-refractivity contribution < 1.29 is 24.2 Å². The molecule has 0 aromatic heterocycles. The van der Waals surface area contributed by atoms with E-state index in [9.17, 15) is 20.0 Å². The van der Waals surface area contributed by atoms with Gasteiger partial charge in [-0.1, -0.05) is 55.3 Å². The predicted molar refractivity (Wildman–Crippen MR) is 150 cm³/mol. The van der Waals surface area contributed by atoms with Gasteiger partial charge in [0.2, 0.25) is 0 Å². The van der Waals surface area contributed by atoms with Crippen LogP contribution in [-0.2, 0) is 17.8 Å². The fourth-order valence-electron chi connectivity index (χ4n) is 4.60. The zero-order chi connectivity index (χ0) is 28.5. The SMILES string of the molecule is COc1ccc(C#N)cc1OCc1ccc(CCC(=O)O)c(C(=O)NC(CC(C)C)c2cc(C)cc(C)c2)c1. The molecule has 1 atom stereocenters. The first-order valence-corrected chi connectivity index (χ1v) is 13.0. The molecule has 0 heterocycles. The third kappa shape index (κ3) is 8.34. The molecule has 7 nitrogen and oxygen atoms in total. The molecule has 2 N–H and O–H groups in total. The van der Waals surface area contributed by atoms with Gasteiger partial charge in [0.15, 0.2) is 11.5 Å². The molecule has 39 heavy (non-hydrogen) atoms. The molecular formula is C32H36N2O5. The summed E-state index contributed by atoms with van der Waals surface area (Å²) in [6, 6.07) is 18.5. The molecule has 0 aliphatic heterocycles. The lowest BCUT2D eigenvalue weighted by molar-refractivity contribution is -0.136. The summed E-state index contributed by atoms with van der Waals surface area (Å²) in [5.41, 5.74) is 5.56. The van der Waals surface area contributed by atoms with E-state index in [-0.39, 0.29) is 31.4 Å². The number of ether oxygens (including phenoxy) is 2. The first-order chi connectivity index (χ1) is 18.6. The first-order valence-electron chi connectivity index (χ1n) is 13.0. The van der Waals surface area contributed by atoms with Crippen molar-refractivity contribution in [2.24, 2.45) is 5.92 Å². The van der Waals surface area contributed by atoms with Crippen molar-refractivity contribution in [2.45, 2.75) is 59.6 Å². The molecule has 1 unspecified atom stereocenters. The monoisotopic (exact) mass is 528 g/mol. The smallest absolute Gasteiger partial charge is 0.303 e. The fourth-order valence-corrected chi connectivity index (χ4v) is 4.60. The number of nitrogens with zero attached hydrogens (tertiary/aromatic N) is 1. The van der Waals surface area contributed by atoms with Crippen LogP contribution < -0.4 is 14.8 Å². The minimum atomic E-state index is -0.925. The molecule has 3 rings (SSSR count). The second kappa shape index (κ2) is 13.5. The number of methoxy groups -OCH3 is 1. The number of nitrogens with one attached hydrogen (secondary N) is 1. The van der Waals surface area contributed by atoms with Gasteiger partial charge in [0, 0.05) is 18.1 Å². The van der Waals surface area contributed by atoms with Crippen LogP contribution in [0.5, 0.6) is 11.5 Å². The molecule has 0 bridgehead atoms. The number of benzene rings is 3. The molecule has 0 radical (unpaired) electrons. The Morgan fingerprint density at radius 2 is 1.72 bits per heavy atom. The number of aliphatic carboxylic acids is 1. The van der Waals surface area contributed by atoms with E-state index < -0.39 is 5.97 Å². The van der Waals surface area contributed by atoms with Crippen LogP contribution in [0.15, 0.2) is 54.6 Å². The second-order valence-electron chi connectivity index (χ2n) is 10.2. The van der Waals surface area contributed by atoms with Crippen LogP contribution in [0.4, 0.5) is 0 Å². The van der Waals surface area contributed by atoms with Gasteiger partial charge in [-0.2, -0.15) is 5.26 Å². The largest absolute Gasteiger partial charge is 0.493 e. The van der Waals surface area contributed by atoms with E-state index in [0.29, 0.717) is 34.1 Å². The van der Waals surface area contributed by atoms with Crippen molar-refractivity contribution in [3.05, 3.63) is 93.5 Å². The topological polar surface area (TPSA) is 109 Å². The van der Waals surface area contributed by atoms with E-state index in [1.54, 1.807) is 30.3 Å². The summed E-state index contributed by atoms with van der Waals surface area (Å²) in [6.45, 7) is 8.46. The predicted octanol–water partition coefficient (Wildman–Crippen LogP) is 6.30. The van der Waals surface area contributed by atoms with Gasteiger partial charge in [-0.05, 0) is 67.5 Å². The highest BCUT2D eigenvalue weighted by atomic mass is 16.5. The first kappa shape index (κ1) is 29.2. The summed E-state index contributed by atoms with van der Waals surface area (Å²) >= 11 is 0. The van der Waals surface area contributed by atoms with Crippen LogP contribution in [0.1, 0.15) is 76.5 Å². The summed E-state index contributed by atoms with van der Waals surface area (Å²) in [4.78, 5) is 25.0. The quantitative estimate of drug-likeness (QED) is 0.286. The summed E-state index contributed by atoms with van der Waals surface area (Å²) < 4.78 is 11.3. The number of nitriles is 1. The summed E-state index contributed by atoms with van der Waals surface area (Å²) in [7, 11) is 1.53. The number of rotatable bonds is 12. The number of carbonyl (C=O) groups excluding carboxylic acids is 1. The number of carboxylic acid groups (broad SMARTS) is 1. The molecular weight excluding hydrogens is 492 g/mol. The van der Waals surface area contributed by atoms with Crippen molar-refractivity contribution in [1.82, 2.24) is 5.32 Å². The standard InChI is InChI=1S/C32H36N2O5/c1-20(2)12-28(26-14-21(3)13-22(4)15-26)34-32(37)27-16-24(6-8-25(27)9-11-31(35)36)19-39-30-17-23(18-33)7-10-29(30)38-5/h6-8,10,13-17,20,28H,9,11-12,19H2,1-5H3,(H,34,37)(H,35,36). The van der Waals surface area contributed by atoms with Gasteiger partial charge in [-0.25, -0.2) is 0 Å². The number of amides is 1. The van der Waals surface area contributed by atoms with Gasteiger partial charge in [0.05, 0.1) is 24.8 Å². The van der Waals surface area contributed by atoms with Crippen molar-refractivity contribution >= 4 is 11.9 Å². The van der Waals surface area contributed by atoms with Crippen LogP contribution in [-0.4, -0.2) is 24.1 Å². The lowest BCUT2D eigenvalue weighted by Crippen LogP contribution is -2.30. The van der Waals surface area contributed by atoms with Gasteiger partial charge >= 0.3 is 5.97 Å². The molecule has 3 aromatic carbocycles. The number of carbonyl (C=O) groups is 2. The fraction of sp³-hybridized carbons (Fsp3) is 0.344. The molecule has 3 aromatic rings. The molecule has 1 amide bonds. The second-order valence-corrected chi connectivity index (χ2v) is 10.2. The van der Waals surface area contributed by atoms with Gasteiger partial charge < -0.3 is 19.9 Å². The Kier molecular flexibility index (Phi) is 10.1. The molecule has 0 aliphatic rings. The third-order valence-electron chi connectivity index (χ3n) is 6.37. The van der Waals surface area contributed by atoms with Crippen LogP contribution in [0.3, 0.4) is 0 Å². The summed E-state index contributed by atoms with van der Waals surface area (Å²) in [5, 5.41) is 21.7. The average molecular weight is 529 g/mol. The van der Waals surface area contributed by atoms with E-state index in [1.165, 1.54) is 7.11 Å². The van der Waals surface area contributed by atoms with Crippen LogP contribution >= 0.6 is 0 Å². The van der Waals surface area contributed by atoms with Crippen molar-refractivity contribution in [3.8, 4) is 17.6 Å². The zero-order valence-electron chi connectivity index (χ0n) is 23.2. The summed E-state index contributed by atoms with van der Waals surface area (Å²) in [6.07, 6.45) is 0.910. The van der Waals surface area contributed by atoms with E-state index in [2.05, 4.69) is 43.4 Å². The third-order valence-corrected chi connectivity index (χ3v) is 6.37. The lowest BCUT2D eigenvalue weighted by atomic mass is 9.93. The van der Waals surface area contributed by atoms with Crippen molar-refractivity contribution in [1.29, 1.82) is 5.26 Å².